The molecule has 0 radical (unpaired) electrons. The summed E-state index contributed by atoms with van der Waals surface area (Å²) in [6.45, 7) is 3.08. The zero-order valence-corrected chi connectivity index (χ0v) is 13.8. The lowest BCUT2D eigenvalue weighted by atomic mass is 9.89. The van der Waals surface area contributed by atoms with Gasteiger partial charge in [0, 0.05) is 18.7 Å². The number of methoxy groups -OCH3 is 1. The molecular formula is C20H23NO2. The van der Waals surface area contributed by atoms with Crippen LogP contribution in [-0.4, -0.2) is 19.6 Å². The summed E-state index contributed by atoms with van der Waals surface area (Å²) in [5, 5.41) is 0. The molecule has 3 heteroatoms. The highest BCUT2D eigenvalue weighted by Crippen LogP contribution is 2.36. The summed E-state index contributed by atoms with van der Waals surface area (Å²) in [5.41, 5.74) is 5.21. The number of carbonyl (C=O) groups excluding carboxylic acids is 1. The standard InChI is InChI=1S/C20H23NO2/c1-15-7-9-17(10-8-15)21-14-13-16-5-3-4-6-18(16)19(21)11-12-20(22)23-2/h3-10,19H,11-14H2,1-2H3. The highest BCUT2D eigenvalue weighted by molar-refractivity contribution is 5.69. The first-order valence-corrected chi connectivity index (χ1v) is 8.17. The summed E-state index contributed by atoms with van der Waals surface area (Å²) < 4.78 is 4.83. The molecule has 3 nitrogen and oxygen atoms in total. The number of fused-ring (bicyclic) bond motifs is 1. The van der Waals surface area contributed by atoms with Gasteiger partial charge in [0.15, 0.2) is 0 Å². The Labute approximate surface area is 137 Å². The fourth-order valence-corrected chi connectivity index (χ4v) is 3.36. The molecule has 1 aliphatic rings. The summed E-state index contributed by atoms with van der Waals surface area (Å²) >= 11 is 0. The maximum absolute atomic E-state index is 11.6. The summed E-state index contributed by atoms with van der Waals surface area (Å²) in [5.74, 6) is -0.142. The first-order chi connectivity index (χ1) is 11.2. The Morgan fingerprint density at radius 3 is 2.65 bits per heavy atom. The largest absolute Gasteiger partial charge is 0.469 e. The number of rotatable bonds is 4. The van der Waals surface area contributed by atoms with Crippen molar-refractivity contribution in [1.29, 1.82) is 0 Å². The van der Waals surface area contributed by atoms with Crippen LogP contribution in [-0.2, 0) is 16.0 Å². The second kappa shape index (κ2) is 6.86. The molecule has 2 aromatic rings. The highest BCUT2D eigenvalue weighted by atomic mass is 16.5. The molecule has 2 aromatic carbocycles. The average Bonchev–Trinajstić information content (AvgIpc) is 2.60. The molecule has 23 heavy (non-hydrogen) atoms. The normalized spacial score (nSPS) is 16.8. The van der Waals surface area contributed by atoms with E-state index < -0.39 is 0 Å². The van der Waals surface area contributed by atoms with Crippen molar-refractivity contribution in [2.45, 2.75) is 32.2 Å². The molecule has 0 bridgehead atoms. The number of esters is 1. The number of carbonyl (C=O) groups is 1. The van der Waals surface area contributed by atoms with E-state index in [0.29, 0.717) is 6.42 Å². The van der Waals surface area contributed by atoms with Crippen LogP contribution in [0.2, 0.25) is 0 Å². The number of nitrogens with zero attached hydrogens (tertiary/aromatic N) is 1. The van der Waals surface area contributed by atoms with Crippen LogP contribution in [0.4, 0.5) is 5.69 Å². The van der Waals surface area contributed by atoms with Crippen molar-refractivity contribution in [3.05, 3.63) is 65.2 Å². The van der Waals surface area contributed by atoms with Crippen LogP contribution in [0.15, 0.2) is 48.5 Å². The third-order valence-electron chi connectivity index (χ3n) is 4.63. The van der Waals surface area contributed by atoms with Gasteiger partial charge in [-0.25, -0.2) is 0 Å². The molecule has 0 spiro atoms. The molecule has 3 rings (SSSR count). The molecular weight excluding hydrogens is 286 g/mol. The molecule has 0 amide bonds. The first-order valence-electron chi connectivity index (χ1n) is 8.17. The number of hydrogen-bond acceptors (Lipinski definition) is 3. The molecule has 1 unspecified atom stereocenters. The second-order valence-electron chi connectivity index (χ2n) is 6.11. The Morgan fingerprint density at radius 2 is 1.91 bits per heavy atom. The number of ether oxygens (including phenoxy) is 1. The van der Waals surface area contributed by atoms with Crippen LogP contribution >= 0.6 is 0 Å². The minimum absolute atomic E-state index is 0.142. The van der Waals surface area contributed by atoms with Crippen LogP contribution in [0.1, 0.15) is 35.6 Å². The summed E-state index contributed by atoms with van der Waals surface area (Å²) in [6, 6.07) is 17.4. The van der Waals surface area contributed by atoms with Crippen molar-refractivity contribution in [3.8, 4) is 0 Å². The predicted molar refractivity (Wildman–Crippen MR) is 92.7 cm³/mol. The zero-order valence-electron chi connectivity index (χ0n) is 13.8. The maximum atomic E-state index is 11.6. The molecule has 0 saturated carbocycles. The molecule has 120 valence electrons. The van der Waals surface area contributed by atoms with Gasteiger partial charge in [0.2, 0.25) is 0 Å². The van der Waals surface area contributed by atoms with Crippen LogP contribution in [0.3, 0.4) is 0 Å². The topological polar surface area (TPSA) is 29.5 Å². The summed E-state index contributed by atoms with van der Waals surface area (Å²) in [7, 11) is 1.45. The zero-order chi connectivity index (χ0) is 16.2. The Morgan fingerprint density at radius 1 is 1.17 bits per heavy atom. The Balaban J connectivity index is 1.91. The van der Waals surface area contributed by atoms with Crippen LogP contribution in [0.25, 0.3) is 0 Å². The number of anilines is 1. The fourth-order valence-electron chi connectivity index (χ4n) is 3.36. The lowest BCUT2D eigenvalue weighted by molar-refractivity contribution is -0.140. The monoisotopic (exact) mass is 309 g/mol. The lowest BCUT2D eigenvalue weighted by Gasteiger charge is -2.39. The van der Waals surface area contributed by atoms with E-state index in [-0.39, 0.29) is 12.0 Å². The molecule has 0 aromatic heterocycles. The first kappa shape index (κ1) is 15.6. The van der Waals surface area contributed by atoms with E-state index in [9.17, 15) is 4.79 Å². The second-order valence-corrected chi connectivity index (χ2v) is 6.11. The average molecular weight is 309 g/mol. The van der Waals surface area contributed by atoms with Gasteiger partial charge in [-0.1, -0.05) is 42.0 Å². The third-order valence-corrected chi connectivity index (χ3v) is 4.63. The molecule has 0 saturated heterocycles. The van der Waals surface area contributed by atoms with E-state index in [2.05, 4.69) is 60.4 Å². The van der Waals surface area contributed by atoms with Crippen LogP contribution in [0.5, 0.6) is 0 Å². The Kier molecular flexibility index (Phi) is 4.65. The van der Waals surface area contributed by atoms with Crippen molar-refractivity contribution in [2.75, 3.05) is 18.6 Å². The van der Waals surface area contributed by atoms with Gasteiger partial charge in [0.05, 0.1) is 13.2 Å². The van der Waals surface area contributed by atoms with E-state index >= 15 is 0 Å². The SMILES string of the molecule is COC(=O)CCC1c2ccccc2CCN1c1ccc(C)cc1. The molecule has 0 fully saturated rings. The maximum Gasteiger partial charge on any atom is 0.305 e. The predicted octanol–water partition coefficient (Wildman–Crippen LogP) is 4.05. The van der Waals surface area contributed by atoms with E-state index in [1.807, 2.05) is 0 Å². The highest BCUT2D eigenvalue weighted by Gasteiger charge is 2.27. The van der Waals surface area contributed by atoms with Gasteiger partial charge in [-0.05, 0) is 43.0 Å². The molecule has 0 aliphatic carbocycles. The minimum atomic E-state index is -0.142. The van der Waals surface area contributed by atoms with Gasteiger partial charge in [0.1, 0.15) is 0 Å². The number of benzene rings is 2. The van der Waals surface area contributed by atoms with Crippen molar-refractivity contribution in [2.24, 2.45) is 0 Å². The van der Waals surface area contributed by atoms with E-state index in [0.717, 1.165) is 19.4 Å². The minimum Gasteiger partial charge on any atom is -0.469 e. The molecule has 1 atom stereocenters. The van der Waals surface area contributed by atoms with Gasteiger partial charge in [-0.3, -0.25) is 4.79 Å². The van der Waals surface area contributed by atoms with Gasteiger partial charge in [-0.15, -0.1) is 0 Å². The van der Waals surface area contributed by atoms with Gasteiger partial charge < -0.3 is 9.64 Å². The Bertz CT molecular complexity index is 678. The van der Waals surface area contributed by atoms with Crippen LogP contribution < -0.4 is 4.90 Å². The number of hydrogen-bond donors (Lipinski definition) is 0. The van der Waals surface area contributed by atoms with E-state index in [1.54, 1.807) is 0 Å². The summed E-state index contributed by atoms with van der Waals surface area (Å²) in [4.78, 5) is 14.0. The van der Waals surface area contributed by atoms with Gasteiger partial charge >= 0.3 is 5.97 Å². The smallest absolute Gasteiger partial charge is 0.305 e. The third kappa shape index (κ3) is 3.39. The molecule has 0 N–H and O–H groups in total. The van der Waals surface area contributed by atoms with Gasteiger partial charge in [0.25, 0.3) is 0 Å². The van der Waals surface area contributed by atoms with E-state index in [4.69, 9.17) is 4.74 Å². The van der Waals surface area contributed by atoms with Crippen molar-refractivity contribution in [1.82, 2.24) is 0 Å². The van der Waals surface area contributed by atoms with Gasteiger partial charge in [-0.2, -0.15) is 0 Å². The number of aryl methyl sites for hydroxylation is 1. The molecule has 1 aliphatic heterocycles. The summed E-state index contributed by atoms with van der Waals surface area (Å²) in [6.07, 6.45) is 2.26. The van der Waals surface area contributed by atoms with Crippen molar-refractivity contribution < 1.29 is 9.53 Å². The Hall–Kier alpha value is -2.29. The molecule has 1 heterocycles. The lowest BCUT2D eigenvalue weighted by Crippen LogP contribution is -2.35. The van der Waals surface area contributed by atoms with Crippen molar-refractivity contribution >= 4 is 11.7 Å². The quantitative estimate of drug-likeness (QED) is 0.798. The van der Waals surface area contributed by atoms with Crippen molar-refractivity contribution in [3.63, 3.8) is 0 Å². The van der Waals surface area contributed by atoms with E-state index in [1.165, 1.54) is 29.5 Å². The fraction of sp³-hybridized carbons (Fsp3) is 0.350. The van der Waals surface area contributed by atoms with Crippen LogP contribution in [0, 0.1) is 6.92 Å².